The zero-order chi connectivity index (χ0) is 23.1. The molecule has 1 heterocycles. The molecule has 0 radical (unpaired) electrons. The lowest BCUT2D eigenvalue weighted by Crippen LogP contribution is -2.42. The molecular formula is C20H24ClN3O5S2. The van der Waals surface area contributed by atoms with Crippen molar-refractivity contribution in [3.63, 3.8) is 0 Å². The minimum Gasteiger partial charge on any atom is -0.310 e. The van der Waals surface area contributed by atoms with Gasteiger partial charge in [0, 0.05) is 31.4 Å². The molecule has 0 saturated heterocycles. The third kappa shape index (κ3) is 4.57. The van der Waals surface area contributed by atoms with Crippen LogP contribution in [-0.2, 0) is 31.3 Å². The summed E-state index contributed by atoms with van der Waals surface area (Å²) in [5, 5.41) is 0.403. The van der Waals surface area contributed by atoms with Crippen LogP contribution in [0, 0.1) is 6.92 Å². The fraction of sp³-hybridized carbons (Fsp3) is 0.350. The van der Waals surface area contributed by atoms with Crippen LogP contribution in [0.1, 0.15) is 11.1 Å². The first-order chi connectivity index (χ1) is 14.3. The second-order valence-electron chi connectivity index (χ2n) is 7.53. The van der Waals surface area contributed by atoms with Crippen LogP contribution in [0.5, 0.6) is 0 Å². The molecule has 1 aliphatic heterocycles. The monoisotopic (exact) mass is 485 g/mol. The van der Waals surface area contributed by atoms with Gasteiger partial charge in [0.1, 0.15) is 6.54 Å². The zero-order valence-electron chi connectivity index (χ0n) is 17.7. The fourth-order valence-corrected chi connectivity index (χ4v) is 5.49. The maximum Gasteiger partial charge on any atom is 0.247 e. The molecule has 168 valence electrons. The topological polar surface area (TPSA) is 95.1 Å². The van der Waals surface area contributed by atoms with E-state index in [2.05, 4.69) is 0 Å². The molecule has 11 heteroatoms. The van der Waals surface area contributed by atoms with Crippen LogP contribution in [-0.4, -0.2) is 60.5 Å². The highest BCUT2D eigenvalue weighted by molar-refractivity contribution is 7.92. The first-order valence-electron chi connectivity index (χ1n) is 9.42. The second kappa shape index (κ2) is 8.42. The number of amides is 1. The SMILES string of the molecule is Cc1c(Cl)cccc1N(CC(=O)N1CCc2cc(S(=O)(=O)N(C)C)ccc21)S(C)(=O)=O. The van der Waals surface area contributed by atoms with Gasteiger partial charge in [-0.1, -0.05) is 17.7 Å². The number of hydrogen-bond donors (Lipinski definition) is 0. The predicted molar refractivity (Wildman–Crippen MR) is 122 cm³/mol. The van der Waals surface area contributed by atoms with Gasteiger partial charge in [0.25, 0.3) is 0 Å². The molecule has 2 aromatic rings. The van der Waals surface area contributed by atoms with Crippen LogP contribution in [0.4, 0.5) is 11.4 Å². The minimum absolute atomic E-state index is 0.151. The lowest BCUT2D eigenvalue weighted by atomic mass is 10.2. The van der Waals surface area contributed by atoms with Crippen molar-refractivity contribution >= 4 is 48.9 Å². The third-order valence-electron chi connectivity index (χ3n) is 5.21. The van der Waals surface area contributed by atoms with Gasteiger partial charge >= 0.3 is 0 Å². The molecule has 0 N–H and O–H groups in total. The molecule has 0 spiro atoms. The largest absolute Gasteiger partial charge is 0.310 e. The number of halogens is 1. The molecule has 31 heavy (non-hydrogen) atoms. The summed E-state index contributed by atoms with van der Waals surface area (Å²) in [6, 6.07) is 9.49. The fourth-order valence-electron chi connectivity index (χ4n) is 3.46. The summed E-state index contributed by atoms with van der Waals surface area (Å²) < 4.78 is 51.8. The Balaban J connectivity index is 1.92. The molecular weight excluding hydrogens is 462 g/mol. The van der Waals surface area contributed by atoms with Gasteiger partial charge in [-0.25, -0.2) is 21.1 Å². The van der Waals surface area contributed by atoms with Crippen molar-refractivity contribution in [1.82, 2.24) is 4.31 Å². The summed E-state index contributed by atoms with van der Waals surface area (Å²) in [4.78, 5) is 14.7. The van der Waals surface area contributed by atoms with Crippen molar-refractivity contribution in [1.29, 1.82) is 0 Å². The first-order valence-corrected chi connectivity index (χ1v) is 13.1. The molecule has 0 saturated carbocycles. The summed E-state index contributed by atoms with van der Waals surface area (Å²) >= 11 is 6.14. The Morgan fingerprint density at radius 1 is 1.13 bits per heavy atom. The molecule has 1 aliphatic rings. The smallest absolute Gasteiger partial charge is 0.247 e. The van der Waals surface area contributed by atoms with E-state index in [-0.39, 0.29) is 4.90 Å². The number of benzene rings is 2. The van der Waals surface area contributed by atoms with Crippen molar-refractivity contribution in [2.45, 2.75) is 18.2 Å². The number of carbonyl (C=O) groups excluding carboxylic acids is 1. The summed E-state index contributed by atoms with van der Waals surface area (Å²) in [5.74, 6) is -0.410. The number of carbonyl (C=O) groups is 1. The van der Waals surface area contributed by atoms with E-state index < -0.39 is 32.5 Å². The van der Waals surface area contributed by atoms with Crippen molar-refractivity contribution in [2.75, 3.05) is 42.6 Å². The van der Waals surface area contributed by atoms with Gasteiger partial charge in [-0.2, -0.15) is 0 Å². The van der Waals surface area contributed by atoms with Crippen LogP contribution in [0.3, 0.4) is 0 Å². The van der Waals surface area contributed by atoms with Crippen LogP contribution in [0.25, 0.3) is 0 Å². The molecule has 0 unspecified atom stereocenters. The van der Waals surface area contributed by atoms with E-state index in [1.807, 2.05) is 0 Å². The quantitative estimate of drug-likeness (QED) is 0.625. The Morgan fingerprint density at radius 2 is 1.81 bits per heavy atom. The molecule has 1 amide bonds. The number of rotatable bonds is 6. The molecule has 0 aromatic heterocycles. The van der Waals surface area contributed by atoms with E-state index in [1.165, 1.54) is 25.1 Å². The lowest BCUT2D eigenvalue weighted by Gasteiger charge is -2.27. The average Bonchev–Trinajstić information content (AvgIpc) is 3.10. The lowest BCUT2D eigenvalue weighted by molar-refractivity contribution is -0.117. The van der Waals surface area contributed by atoms with Crippen molar-refractivity contribution in [3.05, 3.63) is 52.5 Å². The second-order valence-corrected chi connectivity index (χ2v) is 12.0. The Morgan fingerprint density at radius 3 is 2.42 bits per heavy atom. The van der Waals surface area contributed by atoms with Gasteiger partial charge in [0.2, 0.25) is 26.0 Å². The Hall–Kier alpha value is -2.14. The van der Waals surface area contributed by atoms with Gasteiger partial charge in [0.15, 0.2) is 0 Å². The first kappa shape index (κ1) is 23.5. The van der Waals surface area contributed by atoms with Gasteiger partial charge in [-0.3, -0.25) is 9.10 Å². The Labute approximate surface area is 188 Å². The molecule has 0 bridgehead atoms. The van der Waals surface area contributed by atoms with E-state index >= 15 is 0 Å². The summed E-state index contributed by atoms with van der Waals surface area (Å²) in [7, 11) is -4.43. The van der Waals surface area contributed by atoms with Gasteiger partial charge in [0.05, 0.1) is 16.8 Å². The van der Waals surface area contributed by atoms with Gasteiger partial charge in [-0.15, -0.1) is 0 Å². The summed E-state index contributed by atoms with van der Waals surface area (Å²) in [6.45, 7) is 1.64. The van der Waals surface area contributed by atoms with Gasteiger partial charge < -0.3 is 4.90 Å². The number of sulfonamides is 2. The van der Waals surface area contributed by atoms with Crippen molar-refractivity contribution in [2.24, 2.45) is 0 Å². The molecule has 0 atom stereocenters. The van der Waals surface area contributed by atoms with Crippen LogP contribution in [0.15, 0.2) is 41.3 Å². The van der Waals surface area contributed by atoms with E-state index in [4.69, 9.17) is 11.6 Å². The van der Waals surface area contributed by atoms with E-state index in [9.17, 15) is 21.6 Å². The average molecular weight is 486 g/mol. The molecule has 3 rings (SSSR count). The number of anilines is 2. The highest BCUT2D eigenvalue weighted by atomic mass is 35.5. The van der Waals surface area contributed by atoms with Crippen LogP contribution < -0.4 is 9.21 Å². The number of hydrogen-bond acceptors (Lipinski definition) is 5. The minimum atomic E-state index is -3.75. The highest BCUT2D eigenvalue weighted by Gasteiger charge is 2.31. The Kier molecular flexibility index (Phi) is 6.39. The summed E-state index contributed by atoms with van der Waals surface area (Å²) in [5.41, 5.74) is 2.21. The van der Waals surface area contributed by atoms with E-state index in [0.717, 1.165) is 20.4 Å². The highest BCUT2D eigenvalue weighted by Crippen LogP contribution is 2.32. The van der Waals surface area contributed by atoms with Crippen molar-refractivity contribution < 1.29 is 21.6 Å². The molecule has 2 aromatic carbocycles. The predicted octanol–water partition coefficient (Wildman–Crippen LogP) is 2.25. The van der Waals surface area contributed by atoms with Crippen molar-refractivity contribution in [3.8, 4) is 0 Å². The third-order valence-corrected chi connectivity index (χ3v) is 8.56. The van der Waals surface area contributed by atoms with Crippen LogP contribution in [0.2, 0.25) is 5.02 Å². The van der Waals surface area contributed by atoms with Crippen LogP contribution >= 0.6 is 11.6 Å². The Bertz CT molecular complexity index is 1240. The standard InChI is InChI=1S/C20H24ClN3O5S2/c1-14-17(21)6-5-7-18(14)24(30(4,26)27)13-20(25)23-11-10-15-12-16(8-9-19(15)23)31(28,29)22(2)3/h5-9,12H,10-11,13H2,1-4H3. The number of fused-ring (bicyclic) bond motifs is 1. The maximum atomic E-state index is 13.1. The molecule has 0 aliphatic carbocycles. The number of nitrogens with zero attached hydrogens (tertiary/aromatic N) is 3. The maximum absolute atomic E-state index is 13.1. The molecule has 0 fully saturated rings. The van der Waals surface area contributed by atoms with Gasteiger partial charge in [-0.05, 0) is 54.8 Å². The van der Waals surface area contributed by atoms with E-state index in [1.54, 1.807) is 37.3 Å². The zero-order valence-corrected chi connectivity index (χ0v) is 20.1. The normalized spacial score (nSPS) is 14.1. The summed E-state index contributed by atoms with van der Waals surface area (Å²) in [6.07, 6.45) is 1.52. The van der Waals surface area contributed by atoms with E-state index in [0.29, 0.717) is 34.9 Å². The molecule has 8 nitrogen and oxygen atoms in total.